The van der Waals surface area contributed by atoms with Crippen molar-refractivity contribution in [2.24, 2.45) is 5.92 Å². The minimum atomic E-state index is -0.339. The molecule has 0 aliphatic carbocycles. The van der Waals surface area contributed by atoms with Gasteiger partial charge in [0.15, 0.2) is 0 Å². The summed E-state index contributed by atoms with van der Waals surface area (Å²) in [5.41, 5.74) is 3.00. The fourth-order valence-corrected chi connectivity index (χ4v) is 4.08. The van der Waals surface area contributed by atoms with Gasteiger partial charge >= 0.3 is 0 Å². The van der Waals surface area contributed by atoms with Crippen LogP contribution in [0.4, 0.5) is 15.8 Å². The predicted octanol–water partition coefficient (Wildman–Crippen LogP) is 3.14. The summed E-state index contributed by atoms with van der Waals surface area (Å²) in [4.78, 5) is 29.0. The molecule has 6 heteroatoms. The van der Waals surface area contributed by atoms with Crippen molar-refractivity contribution in [1.29, 1.82) is 0 Å². The zero-order valence-corrected chi connectivity index (χ0v) is 16.4. The van der Waals surface area contributed by atoms with Gasteiger partial charge in [0, 0.05) is 44.0 Å². The first kappa shape index (κ1) is 19.4. The molecule has 2 heterocycles. The average Bonchev–Trinajstić information content (AvgIpc) is 3.40. The van der Waals surface area contributed by atoms with Crippen LogP contribution in [-0.4, -0.2) is 38.0 Å². The first-order valence-corrected chi connectivity index (χ1v) is 10.3. The van der Waals surface area contributed by atoms with Gasteiger partial charge in [-0.1, -0.05) is 12.1 Å². The van der Waals surface area contributed by atoms with Crippen molar-refractivity contribution in [2.75, 3.05) is 36.0 Å². The lowest BCUT2D eigenvalue weighted by Crippen LogP contribution is -2.34. The van der Waals surface area contributed by atoms with Gasteiger partial charge in [-0.05, 0) is 61.2 Å². The first-order valence-electron chi connectivity index (χ1n) is 10.3. The van der Waals surface area contributed by atoms with Crippen LogP contribution >= 0.6 is 0 Å². The van der Waals surface area contributed by atoms with Gasteiger partial charge in [-0.15, -0.1) is 0 Å². The predicted molar refractivity (Wildman–Crippen MR) is 111 cm³/mol. The molecule has 2 fully saturated rings. The highest BCUT2D eigenvalue weighted by molar-refractivity contribution is 6.00. The highest BCUT2D eigenvalue weighted by atomic mass is 19.1. The van der Waals surface area contributed by atoms with Gasteiger partial charge in [0.25, 0.3) is 0 Å². The molecule has 1 N–H and O–H groups in total. The van der Waals surface area contributed by atoms with Crippen LogP contribution < -0.4 is 15.1 Å². The summed E-state index contributed by atoms with van der Waals surface area (Å²) in [5, 5.41) is 2.91. The third kappa shape index (κ3) is 4.58. The van der Waals surface area contributed by atoms with Gasteiger partial charge in [0.2, 0.25) is 11.8 Å². The molecular weight excluding hydrogens is 369 g/mol. The van der Waals surface area contributed by atoms with Gasteiger partial charge in [0.05, 0.1) is 5.92 Å². The van der Waals surface area contributed by atoms with Crippen LogP contribution in [0.2, 0.25) is 0 Å². The van der Waals surface area contributed by atoms with E-state index in [0.29, 0.717) is 19.5 Å². The Hall–Kier alpha value is -2.89. The number of benzene rings is 2. The topological polar surface area (TPSA) is 52.7 Å². The lowest BCUT2D eigenvalue weighted by Gasteiger charge is -2.20. The highest BCUT2D eigenvalue weighted by Gasteiger charge is 2.35. The van der Waals surface area contributed by atoms with Crippen LogP contribution in [-0.2, 0) is 16.0 Å². The SMILES string of the molecule is O=C(NCCc1ccc(F)cc1)C1CC(=O)N(c2ccc(N3CCCC3)cc2)C1. The summed E-state index contributed by atoms with van der Waals surface area (Å²) in [6.45, 7) is 3.05. The molecule has 2 aromatic rings. The molecule has 0 saturated carbocycles. The van der Waals surface area contributed by atoms with E-state index in [-0.39, 0.29) is 30.0 Å². The Morgan fingerprint density at radius 1 is 1.00 bits per heavy atom. The number of anilines is 2. The van der Waals surface area contributed by atoms with E-state index in [1.54, 1.807) is 17.0 Å². The van der Waals surface area contributed by atoms with Gasteiger partial charge in [-0.25, -0.2) is 4.39 Å². The maximum atomic E-state index is 12.9. The molecule has 1 atom stereocenters. The molecule has 5 nitrogen and oxygen atoms in total. The Bertz CT molecular complexity index is 861. The first-order chi connectivity index (χ1) is 14.1. The van der Waals surface area contributed by atoms with E-state index in [9.17, 15) is 14.0 Å². The molecule has 0 radical (unpaired) electrons. The van der Waals surface area contributed by atoms with Gasteiger partial charge in [0.1, 0.15) is 5.82 Å². The van der Waals surface area contributed by atoms with E-state index >= 15 is 0 Å². The van der Waals surface area contributed by atoms with E-state index in [4.69, 9.17) is 0 Å². The zero-order valence-electron chi connectivity index (χ0n) is 16.4. The molecule has 0 spiro atoms. The molecule has 2 saturated heterocycles. The van der Waals surface area contributed by atoms with E-state index in [1.165, 1.54) is 30.7 Å². The number of nitrogens with one attached hydrogen (secondary N) is 1. The number of halogens is 1. The number of nitrogens with zero attached hydrogens (tertiary/aromatic N) is 2. The van der Waals surface area contributed by atoms with Crippen molar-refractivity contribution in [3.8, 4) is 0 Å². The van der Waals surface area contributed by atoms with Crippen molar-refractivity contribution in [2.45, 2.75) is 25.7 Å². The van der Waals surface area contributed by atoms with Crippen LogP contribution in [0.1, 0.15) is 24.8 Å². The fourth-order valence-electron chi connectivity index (χ4n) is 4.08. The summed E-state index contributed by atoms with van der Waals surface area (Å²) >= 11 is 0. The van der Waals surface area contributed by atoms with Crippen molar-refractivity contribution in [3.05, 3.63) is 59.9 Å². The molecule has 1 unspecified atom stereocenters. The number of hydrogen-bond acceptors (Lipinski definition) is 3. The highest BCUT2D eigenvalue weighted by Crippen LogP contribution is 2.28. The monoisotopic (exact) mass is 395 g/mol. The zero-order chi connectivity index (χ0) is 20.2. The van der Waals surface area contributed by atoms with E-state index in [0.717, 1.165) is 24.3 Å². The second kappa shape index (κ2) is 8.64. The Labute approximate surface area is 170 Å². The molecule has 29 heavy (non-hydrogen) atoms. The summed E-state index contributed by atoms with van der Waals surface area (Å²) in [6.07, 6.45) is 3.32. The lowest BCUT2D eigenvalue weighted by molar-refractivity contribution is -0.126. The molecular formula is C23H26FN3O2. The van der Waals surface area contributed by atoms with E-state index in [2.05, 4.69) is 22.3 Å². The smallest absolute Gasteiger partial charge is 0.227 e. The molecule has 0 bridgehead atoms. The standard InChI is InChI=1S/C23H26FN3O2/c24-19-5-3-17(4-6-19)11-12-25-23(29)18-15-22(28)27(16-18)21-9-7-20(8-10-21)26-13-1-2-14-26/h3-10,18H,1-2,11-16H2,(H,25,29). The summed E-state index contributed by atoms with van der Waals surface area (Å²) in [7, 11) is 0. The third-order valence-corrected chi connectivity index (χ3v) is 5.75. The number of carbonyl (C=O) groups excluding carboxylic acids is 2. The largest absolute Gasteiger partial charge is 0.372 e. The van der Waals surface area contributed by atoms with Crippen molar-refractivity contribution >= 4 is 23.2 Å². The Balaban J connectivity index is 1.30. The van der Waals surface area contributed by atoms with Crippen LogP contribution in [0.5, 0.6) is 0 Å². The second-order valence-electron chi connectivity index (χ2n) is 7.78. The Kier molecular flexibility index (Phi) is 5.79. The van der Waals surface area contributed by atoms with Crippen LogP contribution in [0.3, 0.4) is 0 Å². The van der Waals surface area contributed by atoms with Crippen molar-refractivity contribution in [1.82, 2.24) is 5.32 Å². The van der Waals surface area contributed by atoms with E-state index in [1.807, 2.05) is 12.1 Å². The quantitative estimate of drug-likeness (QED) is 0.818. The number of amides is 2. The molecule has 2 amide bonds. The molecule has 2 aliphatic rings. The van der Waals surface area contributed by atoms with Gasteiger partial charge in [-0.2, -0.15) is 0 Å². The minimum Gasteiger partial charge on any atom is -0.372 e. The molecule has 2 aliphatic heterocycles. The van der Waals surface area contributed by atoms with E-state index < -0.39 is 0 Å². The third-order valence-electron chi connectivity index (χ3n) is 5.75. The number of rotatable bonds is 6. The van der Waals surface area contributed by atoms with Gasteiger partial charge < -0.3 is 15.1 Å². The normalized spacial score (nSPS) is 19.1. The number of carbonyl (C=O) groups is 2. The van der Waals surface area contributed by atoms with Gasteiger partial charge in [-0.3, -0.25) is 9.59 Å². The average molecular weight is 395 g/mol. The molecule has 2 aromatic carbocycles. The molecule has 4 rings (SSSR count). The summed E-state index contributed by atoms with van der Waals surface area (Å²) < 4.78 is 12.9. The summed E-state index contributed by atoms with van der Waals surface area (Å²) in [5.74, 6) is -0.723. The van der Waals surface area contributed by atoms with Crippen LogP contribution in [0, 0.1) is 11.7 Å². The molecule has 152 valence electrons. The second-order valence-corrected chi connectivity index (χ2v) is 7.78. The van der Waals surface area contributed by atoms with Crippen molar-refractivity contribution in [3.63, 3.8) is 0 Å². The van der Waals surface area contributed by atoms with Crippen molar-refractivity contribution < 1.29 is 14.0 Å². The van der Waals surface area contributed by atoms with Crippen LogP contribution in [0.25, 0.3) is 0 Å². The Morgan fingerprint density at radius 3 is 2.34 bits per heavy atom. The lowest BCUT2D eigenvalue weighted by atomic mass is 10.1. The fraction of sp³-hybridized carbons (Fsp3) is 0.391. The minimum absolute atomic E-state index is 0.0161. The maximum absolute atomic E-state index is 12.9. The number of hydrogen-bond donors (Lipinski definition) is 1. The van der Waals surface area contributed by atoms with Crippen LogP contribution in [0.15, 0.2) is 48.5 Å². The maximum Gasteiger partial charge on any atom is 0.227 e. The molecule has 0 aromatic heterocycles. The summed E-state index contributed by atoms with van der Waals surface area (Å²) in [6, 6.07) is 14.3. The Morgan fingerprint density at radius 2 is 1.66 bits per heavy atom.